The maximum atomic E-state index is 12.9. The number of hydrogen-bond acceptors (Lipinski definition) is 5. The molecule has 40 heavy (non-hydrogen) atoms. The highest BCUT2D eigenvalue weighted by Gasteiger charge is 2.38. The number of halogens is 1. The maximum absolute atomic E-state index is 12.9. The van der Waals surface area contributed by atoms with E-state index in [1.54, 1.807) is 0 Å². The maximum Gasteiger partial charge on any atom is 0.226 e. The van der Waals surface area contributed by atoms with Crippen molar-refractivity contribution in [2.24, 2.45) is 5.92 Å². The summed E-state index contributed by atoms with van der Waals surface area (Å²) in [5.41, 5.74) is 5.03. The topological polar surface area (TPSA) is 74.4 Å². The molecule has 0 unspecified atom stereocenters. The molecule has 1 amide bonds. The van der Waals surface area contributed by atoms with Gasteiger partial charge in [0.05, 0.1) is 30.0 Å². The van der Waals surface area contributed by atoms with Crippen LogP contribution in [0.3, 0.4) is 0 Å². The molecular weight excluding hydrogens is 602 g/mol. The van der Waals surface area contributed by atoms with E-state index in [0.29, 0.717) is 26.6 Å². The minimum Gasteiger partial charge on any atom is -0.361 e. The lowest BCUT2D eigenvalue weighted by Crippen LogP contribution is -2.28. The number of rotatable bonds is 12. The Labute approximate surface area is 248 Å². The van der Waals surface area contributed by atoms with Crippen molar-refractivity contribution in [2.75, 3.05) is 13.2 Å². The summed E-state index contributed by atoms with van der Waals surface area (Å²) < 4.78 is 17.5. The summed E-state index contributed by atoms with van der Waals surface area (Å²) in [5.74, 6) is 1.27. The molecule has 1 aromatic carbocycles. The number of nitrogens with zero attached hydrogens (tertiary/aromatic N) is 5. The zero-order chi connectivity index (χ0) is 28.8. The lowest BCUT2D eigenvalue weighted by Gasteiger charge is -2.18. The van der Waals surface area contributed by atoms with Crippen LogP contribution in [-0.2, 0) is 40.8 Å². The Morgan fingerprint density at radius 2 is 1.65 bits per heavy atom. The van der Waals surface area contributed by atoms with Crippen molar-refractivity contribution in [1.82, 2.24) is 24.2 Å². The average molecular weight is 647 g/mol. The highest BCUT2D eigenvalue weighted by molar-refractivity contribution is 9.10. The van der Waals surface area contributed by atoms with Crippen molar-refractivity contribution >= 4 is 48.9 Å². The van der Waals surface area contributed by atoms with Gasteiger partial charge in [-0.25, -0.2) is 9.67 Å². The molecule has 0 N–H and O–H groups in total. The molecule has 11 heteroatoms. The van der Waals surface area contributed by atoms with Gasteiger partial charge < -0.3 is 18.9 Å². The highest BCUT2D eigenvalue weighted by Crippen LogP contribution is 2.38. The SMILES string of the molecule is Cc1cc(Br)cc2c1c(-c1nc3c(n1COCC[Si](C)(C)C)CN(C(=O)C1CC1)C3)nn2COCC[Si](C)(C)C. The second-order valence-electron chi connectivity index (χ2n) is 13.9. The molecule has 3 aromatic rings. The third-order valence-electron chi connectivity index (χ3n) is 7.73. The highest BCUT2D eigenvalue weighted by atomic mass is 79.9. The summed E-state index contributed by atoms with van der Waals surface area (Å²) >= 11 is 3.68. The van der Waals surface area contributed by atoms with Crippen LogP contribution in [0.1, 0.15) is 29.8 Å². The predicted octanol–water partition coefficient (Wildman–Crippen LogP) is 6.85. The van der Waals surface area contributed by atoms with E-state index in [-0.39, 0.29) is 11.8 Å². The Morgan fingerprint density at radius 1 is 1.00 bits per heavy atom. The van der Waals surface area contributed by atoms with E-state index >= 15 is 0 Å². The molecule has 218 valence electrons. The van der Waals surface area contributed by atoms with Crippen molar-refractivity contribution in [2.45, 2.75) is 97.7 Å². The largest absolute Gasteiger partial charge is 0.361 e. The summed E-state index contributed by atoms with van der Waals surface area (Å²) in [6.07, 6.45) is 2.02. The molecule has 0 bridgehead atoms. The summed E-state index contributed by atoms with van der Waals surface area (Å²) in [6.45, 7) is 19.7. The fourth-order valence-corrected chi connectivity index (χ4v) is 7.18. The van der Waals surface area contributed by atoms with E-state index in [0.717, 1.165) is 82.0 Å². The Hall–Kier alpha value is -1.80. The van der Waals surface area contributed by atoms with Gasteiger partial charge in [-0.2, -0.15) is 5.10 Å². The van der Waals surface area contributed by atoms with E-state index in [1.807, 2.05) is 9.58 Å². The van der Waals surface area contributed by atoms with Crippen LogP contribution in [-0.4, -0.2) is 59.5 Å². The van der Waals surface area contributed by atoms with Gasteiger partial charge in [0.1, 0.15) is 19.2 Å². The molecule has 2 aliphatic rings. The number of hydrogen-bond donors (Lipinski definition) is 0. The van der Waals surface area contributed by atoms with Crippen molar-refractivity contribution in [3.63, 3.8) is 0 Å². The molecule has 5 rings (SSSR count). The van der Waals surface area contributed by atoms with Crippen LogP contribution >= 0.6 is 15.9 Å². The first-order chi connectivity index (χ1) is 18.8. The van der Waals surface area contributed by atoms with Gasteiger partial charge in [-0.05, 0) is 49.5 Å². The van der Waals surface area contributed by atoms with Crippen LogP contribution in [0.25, 0.3) is 22.4 Å². The van der Waals surface area contributed by atoms with Crippen LogP contribution in [0.5, 0.6) is 0 Å². The first kappa shape index (κ1) is 29.7. The molecule has 0 saturated heterocycles. The fraction of sp³-hybridized carbons (Fsp3) is 0.621. The molecule has 1 saturated carbocycles. The second-order valence-corrected chi connectivity index (χ2v) is 26.0. The smallest absolute Gasteiger partial charge is 0.226 e. The van der Waals surface area contributed by atoms with Gasteiger partial charge >= 0.3 is 0 Å². The Morgan fingerprint density at radius 3 is 2.27 bits per heavy atom. The number of fused-ring (bicyclic) bond motifs is 2. The van der Waals surface area contributed by atoms with Crippen LogP contribution in [0.15, 0.2) is 16.6 Å². The molecule has 8 nitrogen and oxygen atoms in total. The lowest BCUT2D eigenvalue weighted by atomic mass is 10.1. The van der Waals surface area contributed by atoms with Crippen molar-refractivity contribution in [1.29, 1.82) is 0 Å². The van der Waals surface area contributed by atoms with Crippen molar-refractivity contribution < 1.29 is 14.3 Å². The normalized spacial score (nSPS) is 15.8. The summed E-state index contributed by atoms with van der Waals surface area (Å²) in [7, 11) is -2.40. The van der Waals surface area contributed by atoms with Gasteiger partial charge in [-0.1, -0.05) is 55.2 Å². The van der Waals surface area contributed by atoms with Crippen LogP contribution in [0.2, 0.25) is 51.4 Å². The first-order valence-electron chi connectivity index (χ1n) is 14.5. The summed E-state index contributed by atoms with van der Waals surface area (Å²) in [6, 6.07) is 6.46. The molecule has 0 radical (unpaired) electrons. The Bertz CT molecular complexity index is 1400. The number of amides is 1. The van der Waals surface area contributed by atoms with Gasteiger partial charge in [0.15, 0.2) is 5.82 Å². The van der Waals surface area contributed by atoms with E-state index in [9.17, 15) is 4.79 Å². The number of imidazole rings is 1. The lowest BCUT2D eigenvalue weighted by molar-refractivity contribution is -0.133. The fourth-order valence-electron chi connectivity index (χ4n) is 5.10. The van der Waals surface area contributed by atoms with Gasteiger partial charge in [0, 0.05) is 45.1 Å². The first-order valence-corrected chi connectivity index (χ1v) is 22.7. The molecule has 3 heterocycles. The third kappa shape index (κ3) is 6.80. The Balaban J connectivity index is 1.49. The standard InChI is InChI=1S/C29H44BrN5O3Si2/c1-20-14-22(30)15-24-26(20)27(32-35(24)19-38-11-13-40(5,6)7)28-31-23-16-33(29(36)21-8-9-21)17-25(23)34(28)18-37-10-12-39(2,3)4/h14-15,21H,8-13,16-19H2,1-7H3. The number of benzene rings is 1. The van der Waals surface area contributed by atoms with E-state index in [1.165, 1.54) is 0 Å². The average Bonchev–Trinajstić information content (AvgIpc) is 3.39. The van der Waals surface area contributed by atoms with E-state index in [4.69, 9.17) is 19.6 Å². The van der Waals surface area contributed by atoms with Crippen LogP contribution < -0.4 is 0 Å². The molecule has 1 aliphatic heterocycles. The number of aromatic nitrogens is 4. The molecule has 1 fully saturated rings. The van der Waals surface area contributed by atoms with Crippen molar-refractivity contribution in [3.8, 4) is 11.5 Å². The monoisotopic (exact) mass is 645 g/mol. The van der Waals surface area contributed by atoms with E-state index < -0.39 is 16.1 Å². The number of carbonyl (C=O) groups excluding carboxylic acids is 1. The van der Waals surface area contributed by atoms with Gasteiger partial charge in [-0.15, -0.1) is 0 Å². The third-order valence-corrected chi connectivity index (χ3v) is 11.6. The van der Waals surface area contributed by atoms with Crippen LogP contribution in [0, 0.1) is 12.8 Å². The molecular formula is C29H44BrN5O3Si2. The van der Waals surface area contributed by atoms with Crippen molar-refractivity contribution in [3.05, 3.63) is 33.6 Å². The zero-order valence-corrected chi connectivity index (χ0v) is 28.7. The second kappa shape index (κ2) is 11.5. The van der Waals surface area contributed by atoms with Gasteiger partial charge in [-0.3, -0.25) is 4.79 Å². The quantitative estimate of drug-likeness (QED) is 0.159. The number of ether oxygens (including phenoxy) is 2. The van der Waals surface area contributed by atoms with Gasteiger partial charge in [0.25, 0.3) is 0 Å². The molecule has 0 atom stereocenters. The summed E-state index contributed by atoms with van der Waals surface area (Å²) in [5, 5.41) is 6.18. The number of carbonyl (C=O) groups is 1. The minimum atomic E-state index is -1.22. The Kier molecular flexibility index (Phi) is 8.51. The molecule has 1 aliphatic carbocycles. The van der Waals surface area contributed by atoms with Gasteiger partial charge in [0.2, 0.25) is 5.91 Å². The molecule has 2 aromatic heterocycles. The zero-order valence-electron chi connectivity index (χ0n) is 25.1. The predicted molar refractivity (Wildman–Crippen MR) is 169 cm³/mol. The van der Waals surface area contributed by atoms with E-state index in [2.05, 4.69) is 78.8 Å². The minimum absolute atomic E-state index is 0.201. The number of aryl methyl sites for hydroxylation is 1. The molecule has 0 spiro atoms. The van der Waals surface area contributed by atoms with Crippen LogP contribution in [0.4, 0.5) is 0 Å². The summed E-state index contributed by atoms with van der Waals surface area (Å²) in [4.78, 5) is 20.0.